The summed E-state index contributed by atoms with van der Waals surface area (Å²) in [5.74, 6) is -2.24. The zero-order chi connectivity index (χ0) is 53.2. The van der Waals surface area contributed by atoms with Crippen LogP contribution in [0.1, 0.15) is 50.7 Å². The maximum atomic E-state index is 14.1. The average Bonchev–Trinajstić information content (AvgIpc) is 4.11. The number of aromatic hydroxyl groups is 1. The van der Waals surface area contributed by atoms with Crippen molar-refractivity contribution in [2.24, 2.45) is 5.92 Å². The summed E-state index contributed by atoms with van der Waals surface area (Å²) >= 11 is 0. The van der Waals surface area contributed by atoms with Crippen molar-refractivity contribution in [3.05, 3.63) is 35.1 Å². The molecule has 0 aromatic heterocycles. The summed E-state index contributed by atoms with van der Waals surface area (Å²) < 4.78 is 62.9. The summed E-state index contributed by atoms with van der Waals surface area (Å²) in [5.41, 5.74) is -2.40. The normalized spacial score (nSPS) is 40.6. The standard InChI is InChI=1S/C48H68N2O24/c1-46(2,45(62)71-23-9-10-48(63)27-13-21-7-8-22(52)37-30(21)47(48,41(23)72-37)11-12-50(27)14-20-5-6-20)49-28(53)18-66-16-26-40(73-43-35(60)31(56)38(64-3)24(15-51)68-43)33(58)36(61)44(70-26)74-39-25(17-67-19-29(54)55)69-42(65-4)34(59)32(39)57/h7-9,20,24-27,31-36,38-44,51-52,56-61,63H,5-6,10-19H2,1-4H3,(H,49,53)(H,54,55)/t24?,25?,26?,27-,31?,32?,33?,34?,35?,36?,38?,39?,40?,41+,42?,43?,44?,47+,48-/m1/s1. The lowest BCUT2D eigenvalue weighted by molar-refractivity contribution is -0.379. The molecule has 5 heterocycles. The van der Waals surface area contributed by atoms with E-state index < -0.39 is 166 Å². The van der Waals surface area contributed by atoms with Crippen LogP contribution in [0.2, 0.25) is 0 Å². The molecule has 19 atom stereocenters. The number of piperidine rings is 1. The first-order valence-electron chi connectivity index (χ1n) is 24.8. The number of rotatable bonds is 20. The molecule has 15 unspecified atom stereocenters. The molecule has 0 radical (unpaired) electrons. The van der Waals surface area contributed by atoms with E-state index in [9.17, 15) is 60.3 Å². The number of ether oxygens (including phenoxy) is 11. The van der Waals surface area contributed by atoms with E-state index >= 15 is 0 Å². The van der Waals surface area contributed by atoms with Crippen LogP contribution < -0.4 is 10.1 Å². The van der Waals surface area contributed by atoms with Crippen molar-refractivity contribution < 1.29 is 118 Å². The van der Waals surface area contributed by atoms with Crippen LogP contribution in [0.5, 0.6) is 11.5 Å². The second kappa shape index (κ2) is 21.6. The minimum atomic E-state index is -2.06. The quantitative estimate of drug-likeness (QED) is 0.0551. The number of aliphatic hydroxyl groups excluding tert-OH is 7. The predicted molar refractivity (Wildman–Crippen MR) is 243 cm³/mol. The highest BCUT2D eigenvalue weighted by atomic mass is 16.8. The second-order valence-corrected chi connectivity index (χ2v) is 20.9. The van der Waals surface area contributed by atoms with E-state index in [2.05, 4.69) is 10.2 Å². The molecular weight excluding hydrogens is 989 g/mol. The second-order valence-electron chi connectivity index (χ2n) is 20.9. The number of phenols is 1. The zero-order valence-corrected chi connectivity index (χ0v) is 41.2. The number of aliphatic carboxylic acids is 1. The number of carboxylic acids is 1. The van der Waals surface area contributed by atoms with E-state index in [0.717, 1.165) is 24.9 Å². The molecule has 5 aliphatic heterocycles. The molecule has 1 spiro atoms. The SMILES string of the molecule is COC1OC(COCC(=O)O)C(OC2OC(COCC(=O)NC(C)(C)C(=O)OC3=CC[C@@]4(O)[C@H]5Cc6ccc(O)c7c6[C@@]4(CCN5CC4CC4)[C@H]3O7)C(OC3OC(CO)C(OC)C(O)C3O)C(O)C2O)C(O)C1O. The van der Waals surface area contributed by atoms with Crippen LogP contribution in [-0.2, 0) is 73.6 Å². The maximum Gasteiger partial charge on any atom is 0.336 e. The number of likely N-dealkylation sites (tertiary alicyclic amines) is 1. The highest BCUT2D eigenvalue weighted by molar-refractivity contribution is 5.88. The van der Waals surface area contributed by atoms with Crippen molar-refractivity contribution in [1.29, 1.82) is 0 Å². The van der Waals surface area contributed by atoms with Crippen LogP contribution in [0.4, 0.5) is 0 Å². The summed E-state index contributed by atoms with van der Waals surface area (Å²) in [6.45, 7) is 0.842. The minimum Gasteiger partial charge on any atom is -0.504 e. The Labute approximate surface area is 424 Å². The molecule has 1 saturated carbocycles. The molecular formula is C48H68N2O24. The van der Waals surface area contributed by atoms with Crippen molar-refractivity contribution in [2.45, 2.75) is 167 Å². The molecule has 11 N–H and O–H groups in total. The summed E-state index contributed by atoms with van der Waals surface area (Å²) in [7, 11) is 2.38. The van der Waals surface area contributed by atoms with Crippen molar-refractivity contribution in [2.75, 3.05) is 60.3 Å². The number of carbonyl (C=O) groups excluding carboxylic acids is 2. The fourth-order valence-electron chi connectivity index (χ4n) is 11.9. The molecule has 8 aliphatic rings. The van der Waals surface area contributed by atoms with Gasteiger partial charge in [-0.25, -0.2) is 9.59 Å². The van der Waals surface area contributed by atoms with Crippen molar-refractivity contribution in [3.8, 4) is 11.5 Å². The Bertz CT molecular complexity index is 2250. The van der Waals surface area contributed by atoms with Gasteiger partial charge in [0.05, 0.1) is 30.8 Å². The molecule has 2 bridgehead atoms. The third kappa shape index (κ3) is 9.94. The van der Waals surface area contributed by atoms with Gasteiger partial charge in [0.25, 0.3) is 0 Å². The van der Waals surface area contributed by atoms with Gasteiger partial charge in [0, 0.05) is 38.8 Å². The number of hydrogen-bond acceptors (Lipinski definition) is 24. The molecule has 1 aromatic carbocycles. The van der Waals surface area contributed by atoms with Gasteiger partial charge in [-0.1, -0.05) is 6.07 Å². The summed E-state index contributed by atoms with van der Waals surface area (Å²) in [6, 6.07) is 3.19. The monoisotopic (exact) mass is 1060 g/mol. The largest absolute Gasteiger partial charge is 0.504 e. The van der Waals surface area contributed by atoms with E-state index in [-0.39, 0.29) is 29.7 Å². The van der Waals surface area contributed by atoms with Gasteiger partial charge in [0.1, 0.15) is 97.8 Å². The van der Waals surface area contributed by atoms with Gasteiger partial charge in [-0.3, -0.25) is 9.69 Å². The molecule has 26 nitrogen and oxygen atoms in total. The van der Waals surface area contributed by atoms with Crippen LogP contribution in [0.15, 0.2) is 24.0 Å². The number of aliphatic hydroxyl groups is 8. The molecule has 74 heavy (non-hydrogen) atoms. The Balaban J connectivity index is 0.885. The van der Waals surface area contributed by atoms with Gasteiger partial charge in [0.15, 0.2) is 36.5 Å². The summed E-state index contributed by atoms with van der Waals surface area (Å²) in [6.07, 6.45) is -21.0. The van der Waals surface area contributed by atoms with E-state index in [1.54, 1.807) is 12.1 Å². The molecule has 1 amide bonds. The minimum absolute atomic E-state index is 0.0988. The Kier molecular flexibility index (Phi) is 16.0. The van der Waals surface area contributed by atoms with Crippen molar-refractivity contribution in [1.82, 2.24) is 10.2 Å². The first-order valence-corrected chi connectivity index (χ1v) is 24.8. The Morgan fingerprint density at radius 1 is 0.811 bits per heavy atom. The average molecular weight is 1060 g/mol. The van der Waals surface area contributed by atoms with Crippen LogP contribution >= 0.6 is 0 Å². The fraction of sp³-hybridized carbons (Fsp3) is 0.771. The Morgan fingerprint density at radius 3 is 2.00 bits per heavy atom. The van der Waals surface area contributed by atoms with Gasteiger partial charge < -0.3 is 108 Å². The van der Waals surface area contributed by atoms with E-state index in [1.807, 2.05) is 6.07 Å². The lowest BCUT2D eigenvalue weighted by Gasteiger charge is -2.62. The van der Waals surface area contributed by atoms with Crippen LogP contribution in [-0.4, -0.2) is 250 Å². The van der Waals surface area contributed by atoms with Gasteiger partial charge >= 0.3 is 11.9 Å². The molecule has 1 aromatic rings. The first kappa shape index (κ1) is 55.0. The number of phenolic OH excluding ortho intramolecular Hbond substituents is 1. The van der Waals surface area contributed by atoms with Gasteiger partial charge in [-0.15, -0.1) is 0 Å². The highest BCUT2D eigenvalue weighted by Crippen LogP contribution is 2.65. The Morgan fingerprint density at radius 2 is 1.41 bits per heavy atom. The van der Waals surface area contributed by atoms with Gasteiger partial charge in [-0.05, 0) is 69.7 Å². The number of nitrogens with zero attached hydrogens (tertiary/aromatic N) is 1. The van der Waals surface area contributed by atoms with Gasteiger partial charge in [0.2, 0.25) is 5.91 Å². The van der Waals surface area contributed by atoms with Crippen LogP contribution in [0, 0.1) is 5.92 Å². The van der Waals surface area contributed by atoms with Crippen molar-refractivity contribution in [3.63, 3.8) is 0 Å². The number of benzene rings is 1. The van der Waals surface area contributed by atoms with E-state index in [4.69, 9.17) is 57.2 Å². The lowest BCUT2D eigenvalue weighted by Crippen LogP contribution is -2.75. The number of amides is 1. The first-order chi connectivity index (χ1) is 35.2. The zero-order valence-electron chi connectivity index (χ0n) is 41.2. The lowest BCUT2D eigenvalue weighted by atomic mass is 9.50. The number of nitrogens with one attached hydrogen (secondary N) is 1. The van der Waals surface area contributed by atoms with E-state index in [0.29, 0.717) is 30.9 Å². The molecule has 414 valence electrons. The molecule has 9 rings (SSSR count). The third-order valence-corrected chi connectivity index (χ3v) is 15.8. The topological polar surface area (TPSA) is 370 Å². The van der Waals surface area contributed by atoms with E-state index in [1.165, 1.54) is 28.1 Å². The summed E-state index contributed by atoms with van der Waals surface area (Å²) in [5, 5.41) is 112. The number of carboxylic acid groups (broad SMARTS) is 1. The highest BCUT2D eigenvalue weighted by Gasteiger charge is 2.72. The Hall–Kier alpha value is -3.75. The maximum absolute atomic E-state index is 14.1. The van der Waals surface area contributed by atoms with Crippen LogP contribution in [0.25, 0.3) is 0 Å². The summed E-state index contributed by atoms with van der Waals surface area (Å²) in [4.78, 5) is 41.2. The molecule has 4 saturated heterocycles. The smallest absolute Gasteiger partial charge is 0.336 e. The number of esters is 1. The predicted octanol–water partition coefficient (Wildman–Crippen LogP) is -4.23. The third-order valence-electron chi connectivity index (χ3n) is 15.8. The number of carbonyl (C=O) groups is 3. The van der Waals surface area contributed by atoms with Gasteiger partial charge in [-0.2, -0.15) is 0 Å². The van der Waals surface area contributed by atoms with Crippen molar-refractivity contribution >= 4 is 17.8 Å². The molecule has 26 heteroatoms. The molecule has 3 aliphatic carbocycles. The number of hydrogen-bond donors (Lipinski definition) is 11. The fourth-order valence-corrected chi connectivity index (χ4v) is 11.9. The number of methoxy groups -OCH3 is 2. The van der Waals surface area contributed by atoms with Crippen LogP contribution in [0.3, 0.4) is 0 Å². The molecule has 5 fully saturated rings.